The van der Waals surface area contributed by atoms with Crippen molar-refractivity contribution < 1.29 is 9.15 Å². The maximum absolute atomic E-state index is 12.1. The lowest BCUT2D eigenvalue weighted by molar-refractivity contribution is 0.290. The summed E-state index contributed by atoms with van der Waals surface area (Å²) in [6.45, 7) is 4.22. The molecule has 0 fully saturated rings. The van der Waals surface area contributed by atoms with Gasteiger partial charge in [-0.3, -0.25) is 0 Å². The van der Waals surface area contributed by atoms with E-state index in [4.69, 9.17) is 20.8 Å². The number of hydrogen-bond donors (Lipinski definition) is 0. The fraction of sp³-hybridized carbons (Fsp3) is 0.227. The number of halogens is 1. The number of aromatic nitrogens is 3. The summed E-state index contributed by atoms with van der Waals surface area (Å²) in [4.78, 5) is 12.1. The minimum absolute atomic E-state index is 0.254. The van der Waals surface area contributed by atoms with Crippen LogP contribution in [0.5, 0.6) is 5.75 Å². The van der Waals surface area contributed by atoms with Gasteiger partial charge in [0.1, 0.15) is 17.9 Å². The molecule has 6 nitrogen and oxygen atoms in total. The third kappa shape index (κ3) is 4.08. The van der Waals surface area contributed by atoms with Gasteiger partial charge in [-0.25, -0.2) is 4.79 Å². The number of hydrogen-bond acceptors (Lipinski definition) is 6. The Hall–Kier alpha value is -2.77. The van der Waals surface area contributed by atoms with Crippen molar-refractivity contribution in [3.63, 3.8) is 0 Å². The van der Waals surface area contributed by atoms with Gasteiger partial charge in [0.05, 0.1) is 5.02 Å². The molecule has 0 radical (unpaired) electrons. The Labute approximate surface area is 182 Å². The molecule has 0 N–H and O–H groups in total. The van der Waals surface area contributed by atoms with E-state index in [1.807, 2.05) is 55.8 Å². The Balaban J connectivity index is 1.52. The van der Waals surface area contributed by atoms with Crippen LogP contribution in [-0.4, -0.2) is 14.8 Å². The van der Waals surface area contributed by atoms with Gasteiger partial charge in [-0.2, -0.15) is 0 Å². The molecule has 4 aromatic rings. The van der Waals surface area contributed by atoms with Crippen LogP contribution in [0.1, 0.15) is 22.5 Å². The van der Waals surface area contributed by atoms with Gasteiger partial charge in [0.25, 0.3) is 0 Å². The van der Waals surface area contributed by atoms with Crippen LogP contribution >= 0.6 is 23.4 Å². The van der Waals surface area contributed by atoms with Gasteiger partial charge in [-0.1, -0.05) is 47.6 Å². The predicted octanol–water partition coefficient (Wildman–Crippen LogP) is 5.06. The Kier molecular flexibility index (Phi) is 5.83. The lowest BCUT2D eigenvalue weighted by atomic mass is 10.0. The first-order valence-corrected chi connectivity index (χ1v) is 10.7. The molecule has 4 rings (SSSR count). The topological polar surface area (TPSA) is 70.2 Å². The highest BCUT2D eigenvalue weighted by Crippen LogP contribution is 2.29. The quantitative estimate of drug-likeness (QED) is 0.307. The molecule has 2 heterocycles. The second kappa shape index (κ2) is 8.53. The van der Waals surface area contributed by atoms with Gasteiger partial charge in [-0.15, -0.1) is 10.2 Å². The molecule has 0 atom stereocenters. The lowest BCUT2D eigenvalue weighted by Crippen LogP contribution is -2.05. The zero-order chi connectivity index (χ0) is 21.3. The number of benzene rings is 2. The standard InChI is InChI=1S/C22H20ClN3O3S/c1-13-8-9-16-15(10-20(27)29-21(16)14(13)2)12-30-22-25-24-19(26(22)3)11-28-18-7-5-4-6-17(18)23/h4-10H,11-12H2,1-3H3. The number of nitrogens with zero attached hydrogens (tertiary/aromatic N) is 3. The summed E-state index contributed by atoms with van der Waals surface area (Å²) in [5.74, 6) is 1.85. The highest BCUT2D eigenvalue weighted by Gasteiger charge is 2.14. The minimum atomic E-state index is -0.349. The average Bonchev–Trinajstić information content (AvgIpc) is 3.08. The van der Waals surface area contributed by atoms with Crippen molar-refractivity contribution in [1.29, 1.82) is 0 Å². The van der Waals surface area contributed by atoms with E-state index in [0.717, 1.165) is 27.2 Å². The maximum atomic E-state index is 12.1. The first-order valence-electron chi connectivity index (χ1n) is 9.35. The highest BCUT2D eigenvalue weighted by molar-refractivity contribution is 7.98. The van der Waals surface area contributed by atoms with Crippen LogP contribution in [0.15, 0.2) is 56.8 Å². The van der Waals surface area contributed by atoms with Gasteiger partial charge in [0, 0.05) is 24.3 Å². The molecule has 2 aromatic heterocycles. The predicted molar refractivity (Wildman–Crippen MR) is 118 cm³/mol. The molecular weight excluding hydrogens is 422 g/mol. The van der Waals surface area contributed by atoms with Crippen molar-refractivity contribution >= 4 is 34.3 Å². The van der Waals surface area contributed by atoms with Crippen molar-refractivity contribution in [3.05, 3.63) is 80.4 Å². The van der Waals surface area contributed by atoms with Crippen molar-refractivity contribution in [2.24, 2.45) is 7.05 Å². The minimum Gasteiger partial charge on any atom is -0.484 e. The van der Waals surface area contributed by atoms with Crippen LogP contribution < -0.4 is 10.4 Å². The summed E-state index contributed by atoms with van der Waals surface area (Å²) >= 11 is 7.64. The fourth-order valence-electron chi connectivity index (χ4n) is 3.09. The Morgan fingerprint density at radius 1 is 1.17 bits per heavy atom. The van der Waals surface area contributed by atoms with E-state index < -0.39 is 0 Å². The van der Waals surface area contributed by atoms with Crippen molar-refractivity contribution in [2.45, 2.75) is 31.4 Å². The monoisotopic (exact) mass is 441 g/mol. The normalized spacial score (nSPS) is 11.2. The van der Waals surface area contributed by atoms with Crippen molar-refractivity contribution in [2.75, 3.05) is 0 Å². The molecule has 0 spiro atoms. The van der Waals surface area contributed by atoms with Crippen LogP contribution in [0.25, 0.3) is 11.0 Å². The molecule has 8 heteroatoms. The maximum Gasteiger partial charge on any atom is 0.336 e. The Morgan fingerprint density at radius 3 is 2.77 bits per heavy atom. The van der Waals surface area contributed by atoms with Gasteiger partial charge in [0.15, 0.2) is 11.0 Å². The van der Waals surface area contributed by atoms with Crippen LogP contribution in [-0.2, 0) is 19.4 Å². The zero-order valence-corrected chi connectivity index (χ0v) is 18.4. The molecule has 0 aliphatic heterocycles. The molecule has 2 aromatic carbocycles. The largest absolute Gasteiger partial charge is 0.484 e. The molecule has 154 valence electrons. The van der Waals surface area contributed by atoms with Crippen molar-refractivity contribution in [1.82, 2.24) is 14.8 Å². The molecule has 30 heavy (non-hydrogen) atoms. The highest BCUT2D eigenvalue weighted by atomic mass is 35.5. The summed E-state index contributed by atoms with van der Waals surface area (Å²) in [5, 5.41) is 10.7. The summed E-state index contributed by atoms with van der Waals surface area (Å²) in [7, 11) is 1.89. The van der Waals surface area contributed by atoms with E-state index >= 15 is 0 Å². The molecule has 0 aliphatic rings. The summed E-state index contributed by atoms with van der Waals surface area (Å²) < 4.78 is 13.1. The Morgan fingerprint density at radius 2 is 1.97 bits per heavy atom. The summed E-state index contributed by atoms with van der Waals surface area (Å²) in [5.41, 5.74) is 3.27. The average molecular weight is 442 g/mol. The van der Waals surface area contributed by atoms with E-state index in [2.05, 4.69) is 10.2 Å². The van der Waals surface area contributed by atoms with Gasteiger partial charge >= 0.3 is 5.63 Å². The molecule has 0 bridgehead atoms. The summed E-state index contributed by atoms with van der Waals surface area (Å²) in [6.07, 6.45) is 0. The molecule has 0 amide bonds. The Bertz CT molecular complexity index is 1280. The molecule has 0 saturated carbocycles. The van der Waals surface area contributed by atoms with Crippen LogP contribution in [0.3, 0.4) is 0 Å². The van der Waals surface area contributed by atoms with E-state index in [-0.39, 0.29) is 12.2 Å². The molecule has 0 unspecified atom stereocenters. The van der Waals surface area contributed by atoms with Crippen LogP contribution in [0.2, 0.25) is 5.02 Å². The third-order valence-corrected chi connectivity index (χ3v) is 6.37. The smallest absolute Gasteiger partial charge is 0.336 e. The summed E-state index contributed by atoms with van der Waals surface area (Å²) in [6, 6.07) is 12.9. The first-order chi connectivity index (χ1) is 14.4. The second-order valence-electron chi connectivity index (χ2n) is 6.94. The van der Waals surface area contributed by atoms with E-state index in [1.165, 1.54) is 11.8 Å². The number of para-hydroxylation sites is 1. The molecule has 0 aliphatic carbocycles. The molecule has 0 saturated heterocycles. The number of fused-ring (bicyclic) bond motifs is 1. The van der Waals surface area contributed by atoms with Gasteiger partial charge in [-0.05, 0) is 42.7 Å². The van der Waals surface area contributed by atoms with Crippen LogP contribution in [0, 0.1) is 13.8 Å². The van der Waals surface area contributed by atoms with E-state index in [0.29, 0.717) is 27.9 Å². The third-order valence-electron chi connectivity index (χ3n) is 4.99. The number of rotatable bonds is 6. The molecular formula is C22H20ClN3O3S. The first kappa shape index (κ1) is 20.5. The van der Waals surface area contributed by atoms with Crippen molar-refractivity contribution in [3.8, 4) is 5.75 Å². The second-order valence-corrected chi connectivity index (χ2v) is 8.29. The van der Waals surface area contributed by atoms with E-state index in [1.54, 1.807) is 12.1 Å². The number of aryl methyl sites for hydroxylation is 2. The number of ether oxygens (including phenoxy) is 1. The lowest BCUT2D eigenvalue weighted by Gasteiger charge is -2.09. The SMILES string of the molecule is Cc1ccc2c(CSc3nnc(COc4ccccc4Cl)n3C)cc(=O)oc2c1C. The van der Waals surface area contributed by atoms with Gasteiger partial charge < -0.3 is 13.7 Å². The van der Waals surface area contributed by atoms with Crippen LogP contribution in [0.4, 0.5) is 0 Å². The van der Waals surface area contributed by atoms with E-state index in [9.17, 15) is 4.79 Å². The fourth-order valence-corrected chi connectivity index (χ4v) is 4.20. The van der Waals surface area contributed by atoms with Gasteiger partial charge in [0.2, 0.25) is 0 Å². The number of thioether (sulfide) groups is 1. The zero-order valence-electron chi connectivity index (χ0n) is 16.8.